The van der Waals surface area contributed by atoms with Crippen LogP contribution in [0.5, 0.6) is 0 Å². The van der Waals surface area contributed by atoms with Gasteiger partial charge in [0.15, 0.2) is 0 Å². The van der Waals surface area contributed by atoms with Crippen LogP contribution in [0.4, 0.5) is 5.69 Å². The summed E-state index contributed by atoms with van der Waals surface area (Å²) >= 11 is 0. The van der Waals surface area contributed by atoms with E-state index in [1.54, 1.807) is 19.1 Å². The molecule has 0 amide bonds. The summed E-state index contributed by atoms with van der Waals surface area (Å²) in [5.41, 5.74) is 1.83. The summed E-state index contributed by atoms with van der Waals surface area (Å²) < 4.78 is 0. The average molecular weight is 251 g/mol. The van der Waals surface area contributed by atoms with Crippen molar-refractivity contribution < 1.29 is 4.92 Å². The maximum atomic E-state index is 10.8. The number of hydrogen-bond acceptors (Lipinski definition) is 4. The fourth-order valence-corrected chi connectivity index (χ4v) is 1.57. The molecular weight excluding hydrogens is 230 g/mol. The SMILES string of the molecule is Cc1ccc(CNCC(C)N(C)C)cc1[N+](=O)[O-]. The first-order chi connectivity index (χ1) is 8.41. The first kappa shape index (κ1) is 14.6. The highest BCUT2D eigenvalue weighted by atomic mass is 16.6. The van der Waals surface area contributed by atoms with Gasteiger partial charge in [-0.15, -0.1) is 0 Å². The van der Waals surface area contributed by atoms with E-state index in [2.05, 4.69) is 17.1 Å². The van der Waals surface area contributed by atoms with E-state index in [0.29, 0.717) is 18.2 Å². The van der Waals surface area contributed by atoms with Crippen LogP contribution in [0.1, 0.15) is 18.1 Å². The predicted octanol–water partition coefficient (Wildman–Crippen LogP) is 1.94. The maximum absolute atomic E-state index is 10.8. The quantitative estimate of drug-likeness (QED) is 0.620. The van der Waals surface area contributed by atoms with Crippen molar-refractivity contribution in [3.63, 3.8) is 0 Å². The number of nitrogens with one attached hydrogen (secondary N) is 1. The fourth-order valence-electron chi connectivity index (χ4n) is 1.57. The van der Waals surface area contributed by atoms with Gasteiger partial charge < -0.3 is 10.2 Å². The van der Waals surface area contributed by atoms with Crippen LogP contribution in [0.25, 0.3) is 0 Å². The highest BCUT2D eigenvalue weighted by Gasteiger charge is 2.11. The molecule has 5 heteroatoms. The molecule has 18 heavy (non-hydrogen) atoms. The molecule has 0 aliphatic heterocycles. The van der Waals surface area contributed by atoms with Crippen molar-refractivity contribution in [3.8, 4) is 0 Å². The smallest absolute Gasteiger partial charge is 0.272 e. The summed E-state index contributed by atoms with van der Waals surface area (Å²) in [5.74, 6) is 0. The zero-order chi connectivity index (χ0) is 13.7. The molecule has 0 saturated heterocycles. The Balaban J connectivity index is 2.58. The number of nitro groups is 1. The molecule has 1 aromatic carbocycles. The standard InChI is InChI=1S/C13H21N3O2/c1-10-5-6-12(7-13(10)16(17)18)9-14-8-11(2)15(3)4/h5-7,11,14H,8-9H2,1-4H3. The lowest BCUT2D eigenvalue weighted by Gasteiger charge is -2.20. The lowest BCUT2D eigenvalue weighted by molar-refractivity contribution is -0.385. The van der Waals surface area contributed by atoms with E-state index in [-0.39, 0.29) is 10.6 Å². The molecule has 0 saturated carbocycles. The summed E-state index contributed by atoms with van der Waals surface area (Å²) in [7, 11) is 4.06. The Bertz CT molecular complexity index is 419. The molecule has 0 bridgehead atoms. The van der Waals surface area contributed by atoms with Crippen LogP contribution in [0.15, 0.2) is 18.2 Å². The van der Waals surface area contributed by atoms with Gasteiger partial charge in [-0.2, -0.15) is 0 Å². The normalized spacial score (nSPS) is 12.7. The first-order valence-corrected chi connectivity index (χ1v) is 6.03. The van der Waals surface area contributed by atoms with Crippen molar-refractivity contribution in [2.75, 3.05) is 20.6 Å². The van der Waals surface area contributed by atoms with Crippen LogP contribution >= 0.6 is 0 Å². The van der Waals surface area contributed by atoms with Crippen LogP contribution in [-0.2, 0) is 6.54 Å². The van der Waals surface area contributed by atoms with E-state index in [1.807, 2.05) is 20.2 Å². The number of likely N-dealkylation sites (N-methyl/N-ethyl adjacent to an activating group) is 1. The lowest BCUT2D eigenvalue weighted by atomic mass is 10.1. The molecule has 1 rings (SSSR count). The van der Waals surface area contributed by atoms with Crippen molar-refractivity contribution in [3.05, 3.63) is 39.4 Å². The first-order valence-electron chi connectivity index (χ1n) is 6.03. The molecule has 0 heterocycles. The highest BCUT2D eigenvalue weighted by Crippen LogP contribution is 2.18. The van der Waals surface area contributed by atoms with E-state index in [4.69, 9.17) is 0 Å². The zero-order valence-corrected chi connectivity index (χ0v) is 11.4. The number of aryl methyl sites for hydroxylation is 1. The van der Waals surface area contributed by atoms with Crippen molar-refractivity contribution in [2.24, 2.45) is 0 Å². The van der Waals surface area contributed by atoms with Crippen molar-refractivity contribution in [1.82, 2.24) is 10.2 Å². The second kappa shape index (κ2) is 6.47. The highest BCUT2D eigenvalue weighted by molar-refractivity contribution is 5.42. The third kappa shape index (κ3) is 4.09. The molecule has 1 N–H and O–H groups in total. The van der Waals surface area contributed by atoms with Gasteiger partial charge >= 0.3 is 0 Å². The fraction of sp³-hybridized carbons (Fsp3) is 0.538. The van der Waals surface area contributed by atoms with Gasteiger partial charge in [-0.05, 0) is 33.5 Å². The third-order valence-corrected chi connectivity index (χ3v) is 3.12. The third-order valence-electron chi connectivity index (χ3n) is 3.12. The molecule has 1 unspecified atom stereocenters. The summed E-state index contributed by atoms with van der Waals surface area (Å²) in [4.78, 5) is 12.6. The molecule has 100 valence electrons. The van der Waals surface area contributed by atoms with Gasteiger partial charge in [0.2, 0.25) is 0 Å². The Kier molecular flexibility index (Phi) is 5.25. The minimum absolute atomic E-state index is 0.190. The molecule has 0 aliphatic rings. The van der Waals surface area contributed by atoms with Gasteiger partial charge in [0, 0.05) is 30.8 Å². The van der Waals surface area contributed by atoms with Gasteiger partial charge in [0.05, 0.1) is 4.92 Å². The molecule has 0 aliphatic carbocycles. The van der Waals surface area contributed by atoms with E-state index in [1.165, 1.54) is 0 Å². The van der Waals surface area contributed by atoms with E-state index in [0.717, 1.165) is 12.1 Å². The Morgan fingerprint density at radius 1 is 1.44 bits per heavy atom. The minimum Gasteiger partial charge on any atom is -0.311 e. The van der Waals surface area contributed by atoms with Crippen LogP contribution in [0.3, 0.4) is 0 Å². The van der Waals surface area contributed by atoms with Crippen LogP contribution in [0, 0.1) is 17.0 Å². The summed E-state index contributed by atoms with van der Waals surface area (Å²) in [6.45, 7) is 5.39. The summed E-state index contributed by atoms with van der Waals surface area (Å²) in [6.07, 6.45) is 0. The number of nitrogens with zero attached hydrogens (tertiary/aromatic N) is 2. The van der Waals surface area contributed by atoms with Gasteiger partial charge in [0.25, 0.3) is 5.69 Å². The summed E-state index contributed by atoms with van der Waals surface area (Å²) in [6, 6.07) is 5.80. The number of nitro benzene ring substituents is 1. The maximum Gasteiger partial charge on any atom is 0.272 e. The van der Waals surface area contributed by atoms with Gasteiger partial charge in [-0.1, -0.05) is 12.1 Å². The zero-order valence-electron chi connectivity index (χ0n) is 11.4. The Hall–Kier alpha value is -1.46. The molecule has 1 aromatic rings. The number of rotatable bonds is 6. The van der Waals surface area contributed by atoms with Gasteiger partial charge in [-0.3, -0.25) is 10.1 Å². The van der Waals surface area contributed by atoms with E-state index < -0.39 is 0 Å². The number of hydrogen-bond donors (Lipinski definition) is 1. The molecule has 0 fully saturated rings. The van der Waals surface area contributed by atoms with Gasteiger partial charge in [-0.25, -0.2) is 0 Å². The largest absolute Gasteiger partial charge is 0.311 e. The Morgan fingerprint density at radius 2 is 2.11 bits per heavy atom. The Labute approximate surface area is 108 Å². The minimum atomic E-state index is -0.332. The monoisotopic (exact) mass is 251 g/mol. The second-order valence-corrected chi connectivity index (χ2v) is 4.82. The Morgan fingerprint density at radius 3 is 2.67 bits per heavy atom. The van der Waals surface area contributed by atoms with E-state index >= 15 is 0 Å². The van der Waals surface area contributed by atoms with Crippen molar-refractivity contribution >= 4 is 5.69 Å². The predicted molar refractivity (Wildman–Crippen MR) is 72.7 cm³/mol. The van der Waals surface area contributed by atoms with Gasteiger partial charge in [0.1, 0.15) is 0 Å². The second-order valence-electron chi connectivity index (χ2n) is 4.82. The molecule has 0 radical (unpaired) electrons. The van der Waals surface area contributed by atoms with Crippen LogP contribution < -0.4 is 5.32 Å². The van der Waals surface area contributed by atoms with Crippen molar-refractivity contribution in [2.45, 2.75) is 26.4 Å². The molecule has 0 spiro atoms. The molecule has 0 aromatic heterocycles. The average Bonchev–Trinajstić information content (AvgIpc) is 2.30. The lowest BCUT2D eigenvalue weighted by Crippen LogP contribution is -2.35. The summed E-state index contributed by atoms with van der Waals surface area (Å²) in [5, 5.41) is 14.1. The number of benzene rings is 1. The molecular formula is C13H21N3O2. The van der Waals surface area contributed by atoms with Crippen molar-refractivity contribution in [1.29, 1.82) is 0 Å². The topological polar surface area (TPSA) is 58.4 Å². The molecule has 5 nitrogen and oxygen atoms in total. The van der Waals surface area contributed by atoms with Crippen LogP contribution in [0.2, 0.25) is 0 Å². The van der Waals surface area contributed by atoms with E-state index in [9.17, 15) is 10.1 Å². The van der Waals surface area contributed by atoms with Crippen LogP contribution in [-0.4, -0.2) is 36.5 Å². The molecule has 1 atom stereocenters.